The third kappa shape index (κ3) is 8.40. The van der Waals surface area contributed by atoms with Crippen molar-refractivity contribution in [3.63, 3.8) is 0 Å². The SMILES string of the molecule is Cc1cc(OC/C=C(/c2ccc(C#CCN3CCOCC3)cc2)c2ccc([S+]([O-])C3CC3)cc2)ccc1OCC(=O)O. The number of benzene rings is 3. The highest BCUT2D eigenvalue weighted by Crippen LogP contribution is 2.34. The minimum Gasteiger partial charge on any atom is -0.611 e. The number of hydrogen-bond acceptors (Lipinski definition) is 6. The first-order chi connectivity index (χ1) is 20.5. The number of aryl methyl sites for hydroxylation is 1. The summed E-state index contributed by atoms with van der Waals surface area (Å²) in [7, 11) is 0. The van der Waals surface area contributed by atoms with Crippen LogP contribution in [0.1, 0.15) is 35.1 Å². The number of carboxylic acid groups (broad SMARTS) is 1. The van der Waals surface area contributed by atoms with E-state index in [2.05, 4.69) is 28.9 Å². The summed E-state index contributed by atoms with van der Waals surface area (Å²) in [5.74, 6) is 6.70. The number of rotatable bonds is 11. The highest BCUT2D eigenvalue weighted by molar-refractivity contribution is 7.92. The van der Waals surface area contributed by atoms with Gasteiger partial charge in [-0.2, -0.15) is 0 Å². The van der Waals surface area contributed by atoms with Gasteiger partial charge in [0.05, 0.1) is 19.8 Å². The summed E-state index contributed by atoms with van der Waals surface area (Å²) in [4.78, 5) is 14.0. The van der Waals surface area contributed by atoms with Crippen LogP contribution in [-0.2, 0) is 20.7 Å². The van der Waals surface area contributed by atoms with Crippen molar-refractivity contribution < 1.29 is 28.7 Å². The lowest BCUT2D eigenvalue weighted by molar-refractivity contribution is -0.139. The van der Waals surface area contributed by atoms with E-state index >= 15 is 0 Å². The van der Waals surface area contributed by atoms with Crippen LogP contribution in [0.5, 0.6) is 11.5 Å². The number of nitrogens with zero attached hydrogens (tertiary/aromatic N) is 1. The predicted molar refractivity (Wildman–Crippen MR) is 163 cm³/mol. The van der Waals surface area contributed by atoms with Gasteiger partial charge in [0.25, 0.3) is 0 Å². The third-order valence-electron chi connectivity index (χ3n) is 7.09. The molecule has 2 aliphatic rings. The summed E-state index contributed by atoms with van der Waals surface area (Å²) in [6, 6.07) is 21.5. The van der Waals surface area contributed by atoms with Gasteiger partial charge in [0.1, 0.15) is 23.4 Å². The molecule has 0 aromatic heterocycles. The zero-order valence-electron chi connectivity index (χ0n) is 23.7. The van der Waals surface area contributed by atoms with Crippen LogP contribution in [0, 0.1) is 18.8 Å². The van der Waals surface area contributed by atoms with Crippen molar-refractivity contribution >= 4 is 22.7 Å². The number of carbonyl (C=O) groups is 1. The fourth-order valence-corrected chi connectivity index (χ4v) is 5.98. The molecule has 1 aliphatic heterocycles. The fourth-order valence-electron chi connectivity index (χ4n) is 4.63. The van der Waals surface area contributed by atoms with Gasteiger partial charge in [-0.05, 0) is 101 Å². The van der Waals surface area contributed by atoms with E-state index in [0.717, 1.165) is 78.4 Å². The molecule has 1 aliphatic carbocycles. The smallest absolute Gasteiger partial charge is 0.341 e. The summed E-state index contributed by atoms with van der Waals surface area (Å²) >= 11 is -0.950. The minimum atomic E-state index is -1.02. The standard InChI is InChI=1S/C34H35NO6S/c1-25-23-29(10-15-33(25)41-24-34(36)37)40-20-16-32(28-8-11-30(12-9-28)42(38)31-13-14-31)27-6-4-26(5-7-27)3-2-17-35-18-21-39-22-19-35/h4-12,15-16,23,31H,13-14,17-22,24H2,1H3,(H,36,37)/b32-16-. The van der Waals surface area contributed by atoms with Crippen LogP contribution < -0.4 is 9.47 Å². The lowest BCUT2D eigenvalue weighted by Gasteiger charge is -2.24. The van der Waals surface area contributed by atoms with E-state index in [1.807, 2.05) is 55.5 Å². The average Bonchev–Trinajstić information content (AvgIpc) is 3.86. The molecule has 1 saturated carbocycles. The van der Waals surface area contributed by atoms with E-state index in [4.69, 9.17) is 19.3 Å². The number of ether oxygens (including phenoxy) is 3. The Labute approximate surface area is 250 Å². The number of aliphatic carboxylic acids is 1. The van der Waals surface area contributed by atoms with E-state index in [-0.39, 0.29) is 0 Å². The van der Waals surface area contributed by atoms with E-state index in [1.165, 1.54) is 0 Å². The molecular formula is C34H35NO6S. The van der Waals surface area contributed by atoms with E-state index in [0.29, 0.717) is 23.4 Å². The second kappa shape index (κ2) is 14.4. The van der Waals surface area contributed by atoms with E-state index < -0.39 is 23.8 Å². The second-order valence-electron chi connectivity index (χ2n) is 10.3. The van der Waals surface area contributed by atoms with Gasteiger partial charge in [-0.1, -0.05) is 24.0 Å². The predicted octanol–water partition coefficient (Wildman–Crippen LogP) is 4.92. The molecule has 1 saturated heterocycles. The average molecular weight is 586 g/mol. The number of carboxylic acids is 1. The zero-order chi connectivity index (χ0) is 29.3. The van der Waals surface area contributed by atoms with Gasteiger partial charge in [-0.25, -0.2) is 4.79 Å². The fraction of sp³-hybridized carbons (Fsp3) is 0.324. The molecule has 42 heavy (non-hydrogen) atoms. The summed E-state index contributed by atoms with van der Waals surface area (Å²) in [6.45, 7) is 5.87. The molecule has 1 atom stereocenters. The van der Waals surface area contributed by atoms with Gasteiger partial charge in [0, 0.05) is 31.5 Å². The lowest BCUT2D eigenvalue weighted by atomic mass is 9.97. The van der Waals surface area contributed by atoms with Crippen molar-refractivity contribution in [3.8, 4) is 23.3 Å². The normalized spacial score (nSPS) is 16.3. The van der Waals surface area contributed by atoms with Crippen LogP contribution in [0.3, 0.4) is 0 Å². The molecule has 0 amide bonds. The molecule has 0 radical (unpaired) electrons. The molecule has 0 bridgehead atoms. The molecule has 1 unspecified atom stereocenters. The second-order valence-corrected chi connectivity index (χ2v) is 12.1. The molecule has 7 nitrogen and oxygen atoms in total. The van der Waals surface area contributed by atoms with Crippen LogP contribution in [0.15, 0.2) is 77.7 Å². The third-order valence-corrected chi connectivity index (χ3v) is 8.91. The Balaban J connectivity index is 1.31. The zero-order valence-corrected chi connectivity index (χ0v) is 24.5. The Kier molecular flexibility index (Phi) is 10.2. The Morgan fingerprint density at radius 2 is 1.74 bits per heavy atom. The topological polar surface area (TPSA) is 91.3 Å². The van der Waals surface area contributed by atoms with E-state index in [1.54, 1.807) is 12.1 Å². The van der Waals surface area contributed by atoms with Crippen LogP contribution >= 0.6 is 0 Å². The lowest BCUT2D eigenvalue weighted by Crippen LogP contribution is -2.36. The Hall–Kier alpha value is -3.74. The largest absolute Gasteiger partial charge is 0.611 e. The molecule has 0 spiro atoms. The van der Waals surface area contributed by atoms with Crippen molar-refractivity contribution in [2.24, 2.45) is 0 Å². The molecular weight excluding hydrogens is 550 g/mol. The van der Waals surface area contributed by atoms with Gasteiger partial charge >= 0.3 is 5.97 Å². The first-order valence-corrected chi connectivity index (χ1v) is 15.4. The molecule has 3 aromatic rings. The van der Waals surface area contributed by atoms with Crippen molar-refractivity contribution in [1.29, 1.82) is 0 Å². The molecule has 3 aromatic carbocycles. The van der Waals surface area contributed by atoms with Crippen LogP contribution in [-0.4, -0.2) is 71.8 Å². The van der Waals surface area contributed by atoms with Crippen molar-refractivity contribution in [1.82, 2.24) is 4.90 Å². The van der Waals surface area contributed by atoms with Gasteiger partial charge < -0.3 is 23.9 Å². The maximum atomic E-state index is 12.7. The van der Waals surface area contributed by atoms with Gasteiger partial charge in [-0.15, -0.1) is 0 Å². The monoisotopic (exact) mass is 585 g/mol. The highest BCUT2D eigenvalue weighted by Gasteiger charge is 2.35. The summed E-state index contributed by atoms with van der Waals surface area (Å²) in [5, 5.41) is 9.16. The van der Waals surface area contributed by atoms with Crippen LogP contribution in [0.2, 0.25) is 0 Å². The Morgan fingerprint density at radius 1 is 1.05 bits per heavy atom. The van der Waals surface area contributed by atoms with Crippen molar-refractivity contribution in [2.75, 3.05) is 46.1 Å². The van der Waals surface area contributed by atoms with Gasteiger partial charge in [-0.3, -0.25) is 4.90 Å². The molecule has 1 heterocycles. The summed E-state index contributed by atoms with van der Waals surface area (Å²) in [6.07, 6.45) is 4.10. The van der Waals surface area contributed by atoms with Crippen molar-refractivity contribution in [2.45, 2.75) is 29.9 Å². The minimum absolute atomic E-state index is 0.292. The van der Waals surface area contributed by atoms with Crippen LogP contribution in [0.4, 0.5) is 0 Å². The van der Waals surface area contributed by atoms with Crippen molar-refractivity contribution in [3.05, 3.63) is 95.1 Å². The summed E-state index contributed by atoms with van der Waals surface area (Å²) < 4.78 is 29.4. The first kappa shape index (κ1) is 29.7. The highest BCUT2D eigenvalue weighted by atomic mass is 32.2. The summed E-state index contributed by atoms with van der Waals surface area (Å²) in [5.41, 5.74) is 4.79. The van der Waals surface area contributed by atoms with Crippen LogP contribution in [0.25, 0.3) is 5.57 Å². The first-order valence-electron chi connectivity index (χ1n) is 14.1. The number of hydrogen-bond donors (Lipinski definition) is 1. The Bertz CT molecular complexity index is 1450. The quantitative estimate of drug-likeness (QED) is 0.252. The van der Waals surface area contributed by atoms with Gasteiger partial charge in [0.2, 0.25) is 0 Å². The molecule has 218 valence electrons. The Morgan fingerprint density at radius 3 is 2.38 bits per heavy atom. The molecule has 5 rings (SSSR count). The number of morpholine rings is 1. The molecule has 2 fully saturated rings. The maximum Gasteiger partial charge on any atom is 0.341 e. The molecule has 1 N–H and O–H groups in total. The maximum absolute atomic E-state index is 12.7. The molecule has 8 heteroatoms. The van der Waals surface area contributed by atoms with E-state index in [9.17, 15) is 9.35 Å². The van der Waals surface area contributed by atoms with Gasteiger partial charge in [0.15, 0.2) is 11.5 Å².